The number of carbonyl (C=O) groups excluding carboxylic acids is 2. The van der Waals surface area contributed by atoms with Crippen LogP contribution in [0.25, 0.3) is 6.08 Å². The van der Waals surface area contributed by atoms with Crippen LogP contribution in [-0.2, 0) is 22.6 Å². The molecular formula is C23H20N2O8S. The Labute approximate surface area is 198 Å². The van der Waals surface area contributed by atoms with Crippen molar-refractivity contribution in [1.29, 1.82) is 0 Å². The number of aliphatic carboxylic acids is 1. The van der Waals surface area contributed by atoms with Gasteiger partial charge in [-0.05, 0) is 47.5 Å². The zero-order chi connectivity index (χ0) is 24.8. The molecule has 2 amide bonds. The molecule has 34 heavy (non-hydrogen) atoms. The largest absolute Gasteiger partial charge is 0.493 e. The zero-order valence-electron chi connectivity index (χ0n) is 18.1. The standard InChI is InChI=1S/C23H20N2O8S/c1-3-5-16-8-15(11-19-22(28)24(12-20(26)27)23(29)34-19)10-18(32-2)21(16)33-13-14-6-4-7-17(9-14)25(30)31/h3-4,6-11H,1,5,12-13H2,2H3,(H,26,27)/b19-11+. The van der Waals surface area contributed by atoms with Crippen molar-refractivity contribution in [2.75, 3.05) is 13.7 Å². The van der Waals surface area contributed by atoms with Gasteiger partial charge in [0.05, 0.1) is 16.9 Å². The third-order valence-electron chi connectivity index (χ3n) is 4.71. The lowest BCUT2D eigenvalue weighted by molar-refractivity contribution is -0.384. The van der Waals surface area contributed by atoms with Crippen molar-refractivity contribution in [3.05, 3.63) is 80.8 Å². The number of nitro benzene ring substituents is 1. The van der Waals surface area contributed by atoms with Gasteiger partial charge in [0.1, 0.15) is 13.2 Å². The van der Waals surface area contributed by atoms with Crippen molar-refractivity contribution >= 4 is 40.6 Å². The number of nitro groups is 1. The van der Waals surface area contributed by atoms with E-state index in [1.165, 1.54) is 25.3 Å². The average molecular weight is 484 g/mol. The number of allylic oxidation sites excluding steroid dienone is 1. The van der Waals surface area contributed by atoms with Crippen LogP contribution in [-0.4, -0.2) is 45.7 Å². The number of carbonyl (C=O) groups is 3. The van der Waals surface area contributed by atoms with Gasteiger partial charge in [0.15, 0.2) is 11.5 Å². The van der Waals surface area contributed by atoms with E-state index in [-0.39, 0.29) is 17.2 Å². The molecule has 0 saturated carbocycles. The van der Waals surface area contributed by atoms with E-state index in [1.807, 2.05) is 0 Å². The summed E-state index contributed by atoms with van der Waals surface area (Å²) in [6.07, 6.45) is 3.52. The Morgan fingerprint density at radius 1 is 1.29 bits per heavy atom. The topological polar surface area (TPSA) is 136 Å². The molecule has 1 fully saturated rings. The fourth-order valence-corrected chi connectivity index (χ4v) is 4.07. The summed E-state index contributed by atoms with van der Waals surface area (Å²) < 4.78 is 11.4. The Morgan fingerprint density at radius 3 is 2.71 bits per heavy atom. The maximum atomic E-state index is 12.5. The molecule has 0 aliphatic carbocycles. The number of imide groups is 1. The molecule has 0 spiro atoms. The average Bonchev–Trinajstić information content (AvgIpc) is 3.05. The van der Waals surface area contributed by atoms with Gasteiger partial charge < -0.3 is 14.6 Å². The van der Waals surface area contributed by atoms with E-state index in [2.05, 4.69) is 6.58 Å². The maximum Gasteiger partial charge on any atom is 0.323 e. The Kier molecular flexibility index (Phi) is 7.69. The molecular weight excluding hydrogens is 464 g/mol. The van der Waals surface area contributed by atoms with Crippen LogP contribution in [0.15, 0.2) is 54.0 Å². The Hall–Kier alpha value is -4.12. The first kappa shape index (κ1) is 24.5. The number of hydrogen-bond acceptors (Lipinski definition) is 8. The van der Waals surface area contributed by atoms with Gasteiger partial charge in [0.2, 0.25) is 0 Å². The molecule has 176 valence electrons. The highest BCUT2D eigenvalue weighted by Crippen LogP contribution is 2.37. The van der Waals surface area contributed by atoms with Crippen LogP contribution < -0.4 is 9.47 Å². The number of hydrogen-bond donors (Lipinski definition) is 1. The number of ether oxygens (including phenoxy) is 2. The molecule has 1 heterocycles. The van der Waals surface area contributed by atoms with Crippen molar-refractivity contribution < 1.29 is 33.9 Å². The quantitative estimate of drug-likeness (QED) is 0.229. The summed E-state index contributed by atoms with van der Waals surface area (Å²) in [5.74, 6) is -1.22. The molecule has 0 radical (unpaired) electrons. The lowest BCUT2D eigenvalue weighted by Crippen LogP contribution is -2.33. The normalized spacial score (nSPS) is 14.4. The minimum absolute atomic E-state index is 0.0495. The van der Waals surface area contributed by atoms with Gasteiger partial charge in [-0.25, -0.2) is 0 Å². The number of benzene rings is 2. The van der Waals surface area contributed by atoms with Crippen molar-refractivity contribution in [3.63, 3.8) is 0 Å². The Balaban J connectivity index is 1.91. The lowest BCUT2D eigenvalue weighted by atomic mass is 10.0. The second-order valence-corrected chi connectivity index (χ2v) is 8.07. The van der Waals surface area contributed by atoms with E-state index in [0.717, 1.165) is 0 Å². The minimum Gasteiger partial charge on any atom is -0.493 e. The number of carboxylic acids is 1. The van der Waals surface area contributed by atoms with E-state index in [1.54, 1.807) is 30.3 Å². The summed E-state index contributed by atoms with van der Waals surface area (Å²) in [5.41, 5.74) is 1.76. The monoisotopic (exact) mass is 484 g/mol. The molecule has 0 atom stereocenters. The summed E-state index contributed by atoms with van der Waals surface area (Å²) in [6, 6.07) is 9.42. The van der Waals surface area contributed by atoms with Crippen LogP contribution in [0, 0.1) is 10.1 Å². The summed E-state index contributed by atoms with van der Waals surface area (Å²) in [5, 5.41) is 19.3. The SMILES string of the molecule is C=CCc1cc(/C=C2/SC(=O)N(CC(=O)O)C2=O)cc(OC)c1OCc1cccc([N+](=O)[O-])c1. The van der Waals surface area contributed by atoms with Crippen LogP contribution >= 0.6 is 11.8 Å². The van der Waals surface area contributed by atoms with E-state index in [4.69, 9.17) is 14.6 Å². The lowest BCUT2D eigenvalue weighted by Gasteiger charge is -2.16. The van der Waals surface area contributed by atoms with Crippen molar-refractivity contribution in [1.82, 2.24) is 4.90 Å². The first-order chi connectivity index (χ1) is 16.2. The van der Waals surface area contributed by atoms with E-state index in [0.29, 0.717) is 51.3 Å². The number of amides is 2. The number of methoxy groups -OCH3 is 1. The second kappa shape index (κ2) is 10.7. The molecule has 0 aromatic heterocycles. The highest BCUT2D eigenvalue weighted by atomic mass is 32.2. The number of carboxylic acid groups (broad SMARTS) is 1. The molecule has 1 N–H and O–H groups in total. The number of thioether (sulfide) groups is 1. The fraction of sp³-hybridized carbons (Fsp3) is 0.174. The maximum absolute atomic E-state index is 12.5. The van der Waals surface area contributed by atoms with Gasteiger partial charge in [0, 0.05) is 17.7 Å². The smallest absolute Gasteiger partial charge is 0.323 e. The molecule has 1 aliphatic rings. The highest BCUT2D eigenvalue weighted by molar-refractivity contribution is 8.18. The second-order valence-electron chi connectivity index (χ2n) is 7.08. The summed E-state index contributed by atoms with van der Waals surface area (Å²) in [6.45, 7) is 3.08. The highest BCUT2D eigenvalue weighted by Gasteiger charge is 2.36. The van der Waals surface area contributed by atoms with E-state index >= 15 is 0 Å². The molecule has 2 aromatic carbocycles. The molecule has 2 aromatic rings. The number of nitrogens with zero attached hydrogens (tertiary/aromatic N) is 2. The Bertz CT molecular complexity index is 1210. The molecule has 11 heteroatoms. The van der Waals surface area contributed by atoms with Crippen LogP contribution in [0.3, 0.4) is 0 Å². The predicted octanol–water partition coefficient (Wildman–Crippen LogP) is 4.03. The van der Waals surface area contributed by atoms with Gasteiger partial charge in [-0.3, -0.25) is 29.4 Å². The first-order valence-corrected chi connectivity index (χ1v) is 10.7. The molecule has 1 saturated heterocycles. The summed E-state index contributed by atoms with van der Waals surface area (Å²) in [4.78, 5) is 46.7. The van der Waals surface area contributed by atoms with Gasteiger partial charge in [-0.1, -0.05) is 18.2 Å². The van der Waals surface area contributed by atoms with Crippen molar-refractivity contribution in [3.8, 4) is 11.5 Å². The van der Waals surface area contributed by atoms with Crippen LogP contribution in [0.1, 0.15) is 16.7 Å². The van der Waals surface area contributed by atoms with Crippen LogP contribution in [0.4, 0.5) is 10.5 Å². The van der Waals surface area contributed by atoms with Crippen molar-refractivity contribution in [2.24, 2.45) is 0 Å². The summed E-state index contributed by atoms with van der Waals surface area (Å²) >= 11 is 0.655. The van der Waals surface area contributed by atoms with Crippen LogP contribution in [0.5, 0.6) is 11.5 Å². The zero-order valence-corrected chi connectivity index (χ0v) is 18.9. The molecule has 10 nitrogen and oxygen atoms in total. The molecule has 3 rings (SSSR count). The Morgan fingerprint density at radius 2 is 2.06 bits per heavy atom. The van der Waals surface area contributed by atoms with Gasteiger partial charge >= 0.3 is 5.97 Å². The third-order valence-corrected chi connectivity index (χ3v) is 5.61. The molecule has 0 bridgehead atoms. The third kappa shape index (κ3) is 5.62. The molecule has 0 unspecified atom stereocenters. The van der Waals surface area contributed by atoms with Gasteiger partial charge in [-0.2, -0.15) is 0 Å². The van der Waals surface area contributed by atoms with E-state index in [9.17, 15) is 24.5 Å². The van der Waals surface area contributed by atoms with Crippen LogP contribution in [0.2, 0.25) is 0 Å². The predicted molar refractivity (Wildman–Crippen MR) is 125 cm³/mol. The van der Waals surface area contributed by atoms with Gasteiger partial charge in [0.25, 0.3) is 16.8 Å². The minimum atomic E-state index is -1.29. The fourth-order valence-electron chi connectivity index (χ4n) is 3.23. The number of rotatable bonds is 10. The van der Waals surface area contributed by atoms with Crippen molar-refractivity contribution in [2.45, 2.75) is 13.0 Å². The molecule has 1 aliphatic heterocycles. The van der Waals surface area contributed by atoms with Gasteiger partial charge in [-0.15, -0.1) is 6.58 Å². The number of non-ortho nitro benzene ring substituents is 1. The summed E-state index contributed by atoms with van der Waals surface area (Å²) in [7, 11) is 1.44. The first-order valence-electron chi connectivity index (χ1n) is 9.88. The van der Waals surface area contributed by atoms with E-state index < -0.39 is 28.6 Å².